The number of allylic oxidation sites excluding steroid dienone is 3. The molecule has 1 aliphatic carbocycles. The quantitative estimate of drug-likeness (QED) is 0.840. The lowest BCUT2D eigenvalue weighted by Crippen LogP contribution is -2.26. The Labute approximate surface area is 124 Å². The number of rotatable bonds is 5. The van der Waals surface area contributed by atoms with E-state index in [9.17, 15) is 14.7 Å². The fraction of sp³-hybridized carbons (Fsp3) is 0.222. The van der Waals surface area contributed by atoms with Gasteiger partial charge in [0, 0.05) is 5.92 Å². The van der Waals surface area contributed by atoms with Crippen molar-refractivity contribution in [2.45, 2.75) is 19.3 Å². The summed E-state index contributed by atoms with van der Waals surface area (Å²) in [6.45, 7) is 1.83. The van der Waals surface area contributed by atoms with Gasteiger partial charge >= 0.3 is 5.97 Å². The first-order valence-corrected chi connectivity index (χ1v) is 6.90. The zero-order valence-electron chi connectivity index (χ0n) is 11.9. The molecular weight excluding hydrogens is 264 g/mol. The Morgan fingerprint density at radius 2 is 2.10 bits per heavy atom. The lowest BCUT2D eigenvalue weighted by atomic mass is 9.80. The molecule has 0 saturated heterocycles. The van der Waals surface area contributed by atoms with E-state index in [4.69, 9.17) is 0 Å². The topological polar surface area (TPSA) is 54.4 Å². The van der Waals surface area contributed by atoms with Gasteiger partial charge in [0.2, 0.25) is 0 Å². The number of carbonyl (C=O) groups excluding carboxylic acids is 1. The largest absolute Gasteiger partial charge is 0.480 e. The molecule has 1 N–H and O–H groups in total. The summed E-state index contributed by atoms with van der Waals surface area (Å²) in [6.07, 6.45) is 12.0. The maximum absolute atomic E-state index is 11.6. The van der Waals surface area contributed by atoms with Crippen LogP contribution in [0.5, 0.6) is 0 Å². The molecule has 2 rings (SSSR count). The second-order valence-corrected chi connectivity index (χ2v) is 5.22. The SMILES string of the molecule is CC(C=O)c1ccccc1C=CC1(C(=O)O)C=CC=CC1. The number of hydrogen-bond acceptors (Lipinski definition) is 2. The molecule has 2 atom stereocenters. The molecule has 0 aromatic heterocycles. The average molecular weight is 282 g/mol. The summed E-state index contributed by atoms with van der Waals surface area (Å²) in [6, 6.07) is 7.54. The minimum atomic E-state index is -1.01. The predicted molar refractivity (Wildman–Crippen MR) is 82.9 cm³/mol. The van der Waals surface area contributed by atoms with Crippen molar-refractivity contribution in [1.82, 2.24) is 0 Å². The summed E-state index contributed by atoms with van der Waals surface area (Å²) >= 11 is 0. The van der Waals surface area contributed by atoms with Gasteiger partial charge in [0.15, 0.2) is 0 Å². The third-order valence-corrected chi connectivity index (χ3v) is 3.75. The first-order chi connectivity index (χ1) is 10.1. The fourth-order valence-electron chi connectivity index (χ4n) is 2.38. The predicted octanol–water partition coefficient (Wildman–Crippen LogP) is 3.59. The summed E-state index contributed by atoms with van der Waals surface area (Å²) in [5.74, 6) is -1.09. The van der Waals surface area contributed by atoms with Crippen molar-refractivity contribution in [3.05, 3.63) is 65.8 Å². The molecular formula is C18H18O3. The Hall–Kier alpha value is -2.42. The van der Waals surface area contributed by atoms with Gasteiger partial charge in [-0.3, -0.25) is 4.79 Å². The summed E-state index contributed by atoms with van der Waals surface area (Å²) in [5.41, 5.74) is 0.770. The molecule has 108 valence electrons. The zero-order chi connectivity index (χ0) is 15.3. The van der Waals surface area contributed by atoms with E-state index < -0.39 is 11.4 Å². The normalized spacial score (nSPS) is 22.3. The number of aliphatic carboxylic acids is 1. The van der Waals surface area contributed by atoms with Gasteiger partial charge in [-0.15, -0.1) is 0 Å². The van der Waals surface area contributed by atoms with Crippen molar-refractivity contribution in [2.24, 2.45) is 5.41 Å². The second-order valence-electron chi connectivity index (χ2n) is 5.22. The molecule has 21 heavy (non-hydrogen) atoms. The average Bonchev–Trinajstić information content (AvgIpc) is 2.53. The van der Waals surface area contributed by atoms with Gasteiger partial charge in [-0.1, -0.05) is 67.6 Å². The Morgan fingerprint density at radius 1 is 1.33 bits per heavy atom. The van der Waals surface area contributed by atoms with Crippen LogP contribution >= 0.6 is 0 Å². The number of aldehydes is 1. The summed E-state index contributed by atoms with van der Waals surface area (Å²) in [5, 5.41) is 9.50. The van der Waals surface area contributed by atoms with E-state index in [1.807, 2.05) is 43.3 Å². The standard InChI is InChI=1S/C18H18O3/c1-14(13-19)16-8-4-3-7-15(16)9-12-18(17(20)21)10-5-2-6-11-18/h2-10,12-14H,11H2,1H3,(H,20,21). The van der Waals surface area contributed by atoms with E-state index in [1.165, 1.54) is 0 Å². The molecule has 0 heterocycles. The minimum absolute atomic E-state index is 0.214. The molecule has 0 radical (unpaired) electrons. The maximum atomic E-state index is 11.6. The molecule has 0 bridgehead atoms. The van der Waals surface area contributed by atoms with Crippen molar-refractivity contribution in [3.8, 4) is 0 Å². The number of carboxylic acids is 1. The highest BCUT2D eigenvalue weighted by molar-refractivity contribution is 5.82. The fourth-order valence-corrected chi connectivity index (χ4v) is 2.38. The van der Waals surface area contributed by atoms with E-state index >= 15 is 0 Å². The molecule has 3 heteroatoms. The van der Waals surface area contributed by atoms with Gasteiger partial charge in [-0.05, 0) is 17.5 Å². The number of carbonyl (C=O) groups is 2. The first kappa shape index (κ1) is 15.0. The van der Waals surface area contributed by atoms with Crippen molar-refractivity contribution < 1.29 is 14.7 Å². The highest BCUT2D eigenvalue weighted by Crippen LogP contribution is 2.31. The zero-order valence-corrected chi connectivity index (χ0v) is 11.9. The molecule has 0 aliphatic heterocycles. The van der Waals surface area contributed by atoms with Crippen LogP contribution in [0.3, 0.4) is 0 Å². The van der Waals surface area contributed by atoms with Gasteiger partial charge in [-0.2, -0.15) is 0 Å². The van der Waals surface area contributed by atoms with Crippen LogP contribution in [0.4, 0.5) is 0 Å². The van der Waals surface area contributed by atoms with Crippen LogP contribution in [0.15, 0.2) is 54.6 Å². The van der Waals surface area contributed by atoms with Crippen molar-refractivity contribution in [2.75, 3.05) is 0 Å². The third kappa shape index (κ3) is 3.19. The monoisotopic (exact) mass is 282 g/mol. The van der Waals surface area contributed by atoms with Crippen LogP contribution < -0.4 is 0 Å². The molecule has 0 fully saturated rings. The van der Waals surface area contributed by atoms with Crippen LogP contribution in [-0.4, -0.2) is 17.4 Å². The number of hydrogen-bond donors (Lipinski definition) is 1. The molecule has 1 aliphatic rings. The summed E-state index contributed by atoms with van der Waals surface area (Å²) < 4.78 is 0. The molecule has 0 saturated carbocycles. The van der Waals surface area contributed by atoms with E-state index in [0.717, 1.165) is 17.4 Å². The molecule has 1 aromatic rings. The minimum Gasteiger partial charge on any atom is -0.480 e. The maximum Gasteiger partial charge on any atom is 0.317 e. The summed E-state index contributed by atoms with van der Waals surface area (Å²) in [4.78, 5) is 22.6. The van der Waals surface area contributed by atoms with Crippen LogP contribution in [0.25, 0.3) is 6.08 Å². The van der Waals surface area contributed by atoms with E-state index in [1.54, 1.807) is 24.3 Å². The van der Waals surface area contributed by atoms with E-state index in [-0.39, 0.29) is 5.92 Å². The highest BCUT2D eigenvalue weighted by Gasteiger charge is 2.32. The summed E-state index contributed by atoms with van der Waals surface area (Å²) in [7, 11) is 0. The molecule has 3 nitrogen and oxygen atoms in total. The Morgan fingerprint density at radius 3 is 2.71 bits per heavy atom. The van der Waals surface area contributed by atoms with Crippen LogP contribution in [-0.2, 0) is 9.59 Å². The molecule has 2 unspecified atom stereocenters. The van der Waals surface area contributed by atoms with Crippen LogP contribution in [0.1, 0.15) is 30.4 Å². The third-order valence-electron chi connectivity index (χ3n) is 3.75. The lowest BCUT2D eigenvalue weighted by Gasteiger charge is -2.22. The molecule has 0 amide bonds. The van der Waals surface area contributed by atoms with Crippen molar-refractivity contribution in [1.29, 1.82) is 0 Å². The van der Waals surface area contributed by atoms with Crippen LogP contribution in [0.2, 0.25) is 0 Å². The van der Waals surface area contributed by atoms with Gasteiger partial charge in [0.05, 0.1) is 0 Å². The number of carboxylic acid groups (broad SMARTS) is 1. The van der Waals surface area contributed by atoms with Gasteiger partial charge in [0.25, 0.3) is 0 Å². The molecule has 1 aromatic carbocycles. The lowest BCUT2D eigenvalue weighted by molar-refractivity contribution is -0.143. The van der Waals surface area contributed by atoms with Crippen LogP contribution in [0, 0.1) is 5.41 Å². The van der Waals surface area contributed by atoms with E-state index in [0.29, 0.717) is 6.42 Å². The first-order valence-electron chi connectivity index (χ1n) is 6.90. The van der Waals surface area contributed by atoms with Gasteiger partial charge in [0.1, 0.15) is 11.7 Å². The molecule has 0 spiro atoms. The Bertz CT molecular complexity index is 625. The Balaban J connectivity index is 2.36. The highest BCUT2D eigenvalue weighted by atomic mass is 16.4. The van der Waals surface area contributed by atoms with Gasteiger partial charge in [-0.25, -0.2) is 0 Å². The number of benzene rings is 1. The Kier molecular flexibility index (Phi) is 4.53. The second kappa shape index (κ2) is 6.35. The smallest absolute Gasteiger partial charge is 0.317 e. The van der Waals surface area contributed by atoms with Crippen molar-refractivity contribution in [3.63, 3.8) is 0 Å². The van der Waals surface area contributed by atoms with Crippen molar-refractivity contribution >= 4 is 18.3 Å². The van der Waals surface area contributed by atoms with Gasteiger partial charge < -0.3 is 9.90 Å². The van der Waals surface area contributed by atoms with E-state index in [2.05, 4.69) is 0 Å².